The van der Waals surface area contributed by atoms with E-state index >= 15 is 0 Å². The molecule has 2 nitrogen and oxygen atoms in total. The third-order valence-corrected chi connectivity index (χ3v) is 3.26. The molecule has 3 heteroatoms. The van der Waals surface area contributed by atoms with Gasteiger partial charge in [0, 0.05) is 4.47 Å². The molecule has 19 heavy (non-hydrogen) atoms. The van der Waals surface area contributed by atoms with E-state index in [1.54, 1.807) is 0 Å². The van der Waals surface area contributed by atoms with Crippen molar-refractivity contribution in [1.29, 1.82) is 0 Å². The molecule has 0 N–H and O–H groups in total. The van der Waals surface area contributed by atoms with E-state index in [9.17, 15) is 4.79 Å². The van der Waals surface area contributed by atoms with Gasteiger partial charge in [0.15, 0.2) is 0 Å². The van der Waals surface area contributed by atoms with Crippen molar-refractivity contribution in [3.05, 3.63) is 58.6 Å². The lowest BCUT2D eigenvalue weighted by Crippen LogP contribution is -2.07. The summed E-state index contributed by atoms with van der Waals surface area (Å²) < 4.78 is 5.99. The van der Waals surface area contributed by atoms with Crippen LogP contribution in [0.3, 0.4) is 0 Å². The molecule has 0 saturated heterocycles. The molecule has 2 rings (SSSR count). The molecule has 0 aromatic heterocycles. The molecule has 0 radical (unpaired) electrons. The molecule has 0 atom stereocenters. The van der Waals surface area contributed by atoms with Crippen LogP contribution >= 0.6 is 15.9 Å². The van der Waals surface area contributed by atoms with E-state index in [1.165, 1.54) is 0 Å². The van der Waals surface area contributed by atoms with Crippen LogP contribution in [0, 0.1) is 0 Å². The fourth-order valence-electron chi connectivity index (χ4n) is 1.86. The average molecular weight is 319 g/mol. The molecule has 0 fully saturated rings. The molecule has 0 aliphatic carbocycles. The van der Waals surface area contributed by atoms with Gasteiger partial charge in [-0.2, -0.15) is 0 Å². The van der Waals surface area contributed by atoms with Gasteiger partial charge in [-0.3, -0.25) is 4.79 Å². The quantitative estimate of drug-likeness (QED) is 0.789. The molecule has 2 aromatic carbocycles. The van der Waals surface area contributed by atoms with Crippen molar-refractivity contribution >= 4 is 21.9 Å². The average Bonchev–Trinajstić information content (AvgIpc) is 2.40. The Morgan fingerprint density at radius 2 is 1.84 bits per heavy atom. The molecular formula is C16H15BrO2. The Bertz CT molecular complexity index is 561. The Labute approximate surface area is 121 Å². The lowest BCUT2D eigenvalue weighted by atomic mass is 10.0. The van der Waals surface area contributed by atoms with Crippen LogP contribution in [0.2, 0.25) is 0 Å². The van der Waals surface area contributed by atoms with E-state index in [0.717, 1.165) is 21.2 Å². The first-order valence-corrected chi connectivity index (χ1v) is 6.99. The largest absolute Gasteiger partial charge is 0.466 e. The van der Waals surface area contributed by atoms with Crippen LogP contribution in [0.4, 0.5) is 0 Å². The van der Waals surface area contributed by atoms with Gasteiger partial charge < -0.3 is 4.74 Å². The minimum atomic E-state index is -0.183. The summed E-state index contributed by atoms with van der Waals surface area (Å²) in [7, 11) is 0. The zero-order valence-corrected chi connectivity index (χ0v) is 12.3. The van der Waals surface area contributed by atoms with Crippen molar-refractivity contribution in [1.82, 2.24) is 0 Å². The lowest BCUT2D eigenvalue weighted by molar-refractivity contribution is -0.142. The minimum absolute atomic E-state index is 0.183. The van der Waals surface area contributed by atoms with Crippen LogP contribution in [0.25, 0.3) is 11.1 Å². The minimum Gasteiger partial charge on any atom is -0.466 e. The Morgan fingerprint density at radius 3 is 2.47 bits per heavy atom. The van der Waals surface area contributed by atoms with Gasteiger partial charge in [0.25, 0.3) is 0 Å². The molecule has 98 valence electrons. The number of rotatable bonds is 4. The normalized spacial score (nSPS) is 10.2. The highest BCUT2D eigenvalue weighted by Crippen LogP contribution is 2.23. The van der Waals surface area contributed by atoms with E-state index in [0.29, 0.717) is 13.0 Å². The van der Waals surface area contributed by atoms with Gasteiger partial charge in [-0.1, -0.05) is 52.3 Å². The molecule has 0 aliphatic rings. The highest BCUT2D eigenvalue weighted by atomic mass is 79.9. The smallest absolute Gasteiger partial charge is 0.310 e. The number of carbonyl (C=O) groups is 1. The van der Waals surface area contributed by atoms with Crippen molar-refractivity contribution in [2.75, 3.05) is 6.61 Å². The van der Waals surface area contributed by atoms with Crippen LogP contribution in [-0.4, -0.2) is 12.6 Å². The van der Waals surface area contributed by atoms with Crippen molar-refractivity contribution in [2.24, 2.45) is 0 Å². The number of hydrogen-bond donors (Lipinski definition) is 0. The molecule has 0 aliphatic heterocycles. The van der Waals surface area contributed by atoms with E-state index in [2.05, 4.69) is 28.1 Å². The van der Waals surface area contributed by atoms with Crippen molar-refractivity contribution < 1.29 is 9.53 Å². The van der Waals surface area contributed by atoms with Crippen LogP contribution in [0.1, 0.15) is 12.5 Å². The summed E-state index contributed by atoms with van der Waals surface area (Å²) in [4.78, 5) is 11.4. The molecule has 0 heterocycles. The topological polar surface area (TPSA) is 26.3 Å². The van der Waals surface area contributed by atoms with Gasteiger partial charge in [0.2, 0.25) is 0 Å². The van der Waals surface area contributed by atoms with Crippen molar-refractivity contribution in [3.8, 4) is 11.1 Å². The predicted molar refractivity (Wildman–Crippen MR) is 79.9 cm³/mol. The Kier molecular flexibility index (Phi) is 4.74. The second-order valence-electron chi connectivity index (χ2n) is 4.19. The van der Waals surface area contributed by atoms with Crippen molar-refractivity contribution in [3.63, 3.8) is 0 Å². The number of benzene rings is 2. The molecular weight excluding hydrogens is 304 g/mol. The van der Waals surface area contributed by atoms with Crippen LogP contribution in [0.5, 0.6) is 0 Å². The summed E-state index contributed by atoms with van der Waals surface area (Å²) in [6.45, 7) is 2.24. The molecule has 0 bridgehead atoms. The first-order valence-electron chi connectivity index (χ1n) is 6.19. The number of carbonyl (C=O) groups excluding carboxylic acids is 1. The molecule has 0 amide bonds. The van der Waals surface area contributed by atoms with Gasteiger partial charge in [-0.15, -0.1) is 0 Å². The number of ether oxygens (including phenoxy) is 1. The van der Waals surface area contributed by atoms with E-state index in [4.69, 9.17) is 4.74 Å². The van der Waals surface area contributed by atoms with E-state index in [-0.39, 0.29) is 5.97 Å². The highest BCUT2D eigenvalue weighted by molar-refractivity contribution is 9.10. The van der Waals surface area contributed by atoms with Crippen LogP contribution in [0.15, 0.2) is 53.0 Å². The number of hydrogen-bond acceptors (Lipinski definition) is 2. The standard InChI is InChI=1S/C16H15BrO2/c1-2-19-16(18)10-12-6-8-13(9-7-12)14-4-3-5-15(17)11-14/h3-9,11H,2,10H2,1H3. The zero-order valence-electron chi connectivity index (χ0n) is 10.7. The second kappa shape index (κ2) is 6.53. The van der Waals surface area contributed by atoms with Gasteiger partial charge in [0.1, 0.15) is 0 Å². The Balaban J connectivity index is 2.12. The molecule has 0 spiro atoms. The SMILES string of the molecule is CCOC(=O)Cc1ccc(-c2cccc(Br)c2)cc1. The van der Waals surface area contributed by atoms with E-state index in [1.807, 2.05) is 43.3 Å². The first-order chi connectivity index (χ1) is 9.19. The summed E-state index contributed by atoms with van der Waals surface area (Å²) in [6, 6.07) is 16.1. The maximum atomic E-state index is 11.4. The van der Waals surface area contributed by atoms with E-state index < -0.39 is 0 Å². The monoisotopic (exact) mass is 318 g/mol. The third kappa shape index (κ3) is 3.93. The molecule has 0 saturated carbocycles. The summed E-state index contributed by atoms with van der Waals surface area (Å²) >= 11 is 3.46. The maximum absolute atomic E-state index is 11.4. The summed E-state index contributed by atoms with van der Waals surface area (Å²) in [6.07, 6.45) is 0.326. The lowest BCUT2D eigenvalue weighted by Gasteiger charge is -2.05. The second-order valence-corrected chi connectivity index (χ2v) is 5.10. The molecule has 0 unspecified atom stereocenters. The van der Waals surface area contributed by atoms with Crippen molar-refractivity contribution in [2.45, 2.75) is 13.3 Å². The fourth-order valence-corrected chi connectivity index (χ4v) is 2.26. The van der Waals surface area contributed by atoms with Gasteiger partial charge in [0.05, 0.1) is 13.0 Å². The van der Waals surface area contributed by atoms with Gasteiger partial charge in [-0.25, -0.2) is 0 Å². The number of esters is 1. The summed E-state index contributed by atoms with van der Waals surface area (Å²) in [5.41, 5.74) is 3.25. The first kappa shape index (κ1) is 13.8. The van der Waals surface area contributed by atoms with Gasteiger partial charge >= 0.3 is 5.97 Å². The van der Waals surface area contributed by atoms with Crippen LogP contribution < -0.4 is 0 Å². The fraction of sp³-hybridized carbons (Fsp3) is 0.188. The van der Waals surface area contributed by atoms with Gasteiger partial charge in [-0.05, 0) is 35.7 Å². The third-order valence-electron chi connectivity index (χ3n) is 2.77. The zero-order chi connectivity index (χ0) is 13.7. The Hall–Kier alpha value is -1.61. The van der Waals surface area contributed by atoms with Crippen LogP contribution in [-0.2, 0) is 16.0 Å². The maximum Gasteiger partial charge on any atom is 0.310 e. The number of halogens is 1. The Morgan fingerprint density at radius 1 is 1.11 bits per heavy atom. The summed E-state index contributed by atoms with van der Waals surface area (Å²) in [5.74, 6) is -0.183. The molecule has 2 aromatic rings. The summed E-state index contributed by atoms with van der Waals surface area (Å²) in [5, 5.41) is 0. The predicted octanol–water partition coefficient (Wildman–Crippen LogP) is 4.22. The highest BCUT2D eigenvalue weighted by Gasteiger charge is 2.04.